The van der Waals surface area contributed by atoms with Gasteiger partial charge in [0.25, 0.3) is 0 Å². The van der Waals surface area contributed by atoms with Crippen LogP contribution < -0.4 is 5.32 Å². The summed E-state index contributed by atoms with van der Waals surface area (Å²) in [6.45, 7) is 2.66. The summed E-state index contributed by atoms with van der Waals surface area (Å²) in [4.78, 5) is 30.6. The summed E-state index contributed by atoms with van der Waals surface area (Å²) in [5.74, 6) is 1.12. The van der Waals surface area contributed by atoms with Gasteiger partial charge >= 0.3 is 6.03 Å². The first-order valence-corrected chi connectivity index (χ1v) is 13.0. The number of nitrogens with zero attached hydrogens (tertiary/aromatic N) is 5. The first-order valence-electron chi connectivity index (χ1n) is 10.3. The van der Waals surface area contributed by atoms with Gasteiger partial charge in [-0.2, -0.15) is 0 Å². The molecule has 168 valence electrons. The molecule has 1 atom stereocenters. The number of urea groups is 1. The maximum Gasteiger partial charge on any atom is 0.324 e. The molecule has 1 fully saturated rings. The van der Waals surface area contributed by atoms with Gasteiger partial charge in [0.15, 0.2) is 9.50 Å². The fourth-order valence-corrected chi connectivity index (χ4v) is 6.39. The Labute approximate surface area is 202 Å². The van der Waals surface area contributed by atoms with Crippen LogP contribution in [0.4, 0.5) is 4.79 Å². The topological polar surface area (TPSA) is 93.0 Å². The minimum Gasteiger partial charge on any atom is -0.336 e. The Morgan fingerprint density at radius 1 is 1.15 bits per heavy atom. The van der Waals surface area contributed by atoms with Crippen LogP contribution in [0.1, 0.15) is 12.7 Å². The molecule has 1 saturated heterocycles. The van der Waals surface area contributed by atoms with Crippen molar-refractivity contribution in [1.29, 1.82) is 0 Å². The Morgan fingerprint density at radius 3 is 2.70 bits per heavy atom. The molecule has 0 bridgehead atoms. The van der Waals surface area contributed by atoms with Gasteiger partial charge < -0.3 is 5.32 Å². The molecule has 2 aromatic heterocycles. The summed E-state index contributed by atoms with van der Waals surface area (Å²) in [6.07, 6.45) is 0. The number of hydrogen-bond donors (Lipinski definition) is 1. The van der Waals surface area contributed by atoms with Gasteiger partial charge in [0.05, 0.1) is 21.2 Å². The van der Waals surface area contributed by atoms with E-state index in [-0.39, 0.29) is 11.9 Å². The SMILES string of the molecule is CC(Sc1nnc(CSc2nc3ccccc3s2)n1-c1ccccc1)C(=O)N1CCNC1=O. The summed E-state index contributed by atoms with van der Waals surface area (Å²) >= 11 is 4.57. The zero-order chi connectivity index (χ0) is 22.8. The molecule has 3 amide bonds. The van der Waals surface area contributed by atoms with Crippen molar-refractivity contribution in [2.45, 2.75) is 27.4 Å². The second-order valence-corrected chi connectivity index (χ2v) is 10.8. The summed E-state index contributed by atoms with van der Waals surface area (Å²) in [5.41, 5.74) is 1.91. The number of fused-ring (bicyclic) bond motifs is 1. The lowest BCUT2D eigenvalue weighted by Gasteiger charge is -2.17. The van der Waals surface area contributed by atoms with Crippen molar-refractivity contribution < 1.29 is 9.59 Å². The summed E-state index contributed by atoms with van der Waals surface area (Å²) in [7, 11) is 0. The zero-order valence-corrected chi connectivity index (χ0v) is 20.1. The van der Waals surface area contributed by atoms with Crippen molar-refractivity contribution in [3.8, 4) is 5.69 Å². The van der Waals surface area contributed by atoms with Crippen LogP contribution in [-0.2, 0) is 10.5 Å². The molecule has 8 nitrogen and oxygen atoms in total. The van der Waals surface area contributed by atoms with Gasteiger partial charge in [0.1, 0.15) is 5.82 Å². The number of para-hydroxylation sites is 2. The Hall–Kier alpha value is -2.89. The Kier molecular flexibility index (Phi) is 6.34. The van der Waals surface area contributed by atoms with E-state index in [0.29, 0.717) is 24.0 Å². The van der Waals surface area contributed by atoms with Crippen LogP contribution in [0.2, 0.25) is 0 Å². The van der Waals surface area contributed by atoms with E-state index in [9.17, 15) is 9.59 Å². The van der Waals surface area contributed by atoms with E-state index >= 15 is 0 Å². The van der Waals surface area contributed by atoms with Gasteiger partial charge in [0.2, 0.25) is 5.91 Å². The summed E-state index contributed by atoms with van der Waals surface area (Å²) in [6, 6.07) is 17.6. The Balaban J connectivity index is 1.39. The van der Waals surface area contributed by atoms with Crippen molar-refractivity contribution in [3.63, 3.8) is 0 Å². The minimum absolute atomic E-state index is 0.233. The van der Waals surface area contributed by atoms with Gasteiger partial charge in [-0.3, -0.25) is 14.3 Å². The largest absolute Gasteiger partial charge is 0.336 e. The smallest absolute Gasteiger partial charge is 0.324 e. The van der Waals surface area contributed by atoms with Gasteiger partial charge in [0, 0.05) is 18.8 Å². The molecule has 1 aliphatic heterocycles. The summed E-state index contributed by atoms with van der Waals surface area (Å²) < 4.78 is 4.09. The third kappa shape index (κ3) is 4.61. The number of nitrogens with one attached hydrogen (secondary N) is 1. The van der Waals surface area contributed by atoms with E-state index in [0.717, 1.165) is 26.1 Å². The highest BCUT2D eigenvalue weighted by Crippen LogP contribution is 2.33. The average Bonchev–Trinajstić information content (AvgIpc) is 3.55. The van der Waals surface area contributed by atoms with E-state index in [1.807, 2.05) is 53.1 Å². The molecule has 11 heteroatoms. The molecule has 0 saturated carbocycles. The number of amides is 3. The molecule has 2 aromatic carbocycles. The van der Waals surface area contributed by atoms with Gasteiger partial charge in [-0.05, 0) is 31.2 Å². The van der Waals surface area contributed by atoms with Gasteiger partial charge in [-0.1, -0.05) is 53.9 Å². The Bertz CT molecular complexity index is 1270. The molecule has 3 heterocycles. The standard InChI is InChI=1S/C22H20N6O2S3/c1-14(19(29)27-12-11-23-20(27)30)32-21-26-25-18(28(21)15-7-3-2-4-8-15)13-31-22-24-16-9-5-6-10-17(16)33-22/h2-10,14H,11-13H2,1H3,(H,23,30). The van der Waals surface area contributed by atoms with E-state index in [1.165, 1.54) is 16.7 Å². The molecular formula is C22H20N6O2S3. The number of carbonyl (C=O) groups excluding carboxylic acids is 2. The average molecular weight is 497 g/mol. The van der Waals surface area contributed by atoms with Crippen molar-refractivity contribution in [2.75, 3.05) is 13.1 Å². The predicted molar refractivity (Wildman–Crippen MR) is 131 cm³/mol. The second-order valence-electron chi connectivity index (χ2n) is 7.29. The monoisotopic (exact) mass is 496 g/mol. The molecule has 1 aliphatic rings. The molecule has 0 aliphatic carbocycles. The molecule has 1 unspecified atom stereocenters. The third-order valence-electron chi connectivity index (χ3n) is 5.07. The molecule has 0 radical (unpaired) electrons. The van der Waals surface area contributed by atoms with E-state index in [2.05, 4.69) is 21.6 Å². The van der Waals surface area contributed by atoms with E-state index in [1.54, 1.807) is 30.0 Å². The third-order valence-corrected chi connectivity index (χ3v) is 8.27. The number of thiazole rings is 1. The van der Waals surface area contributed by atoms with Crippen molar-refractivity contribution >= 4 is 57.0 Å². The fraction of sp³-hybridized carbons (Fsp3) is 0.227. The lowest BCUT2D eigenvalue weighted by Crippen LogP contribution is -2.39. The number of aromatic nitrogens is 4. The number of benzene rings is 2. The van der Waals surface area contributed by atoms with Crippen LogP contribution in [0.3, 0.4) is 0 Å². The van der Waals surface area contributed by atoms with E-state index < -0.39 is 5.25 Å². The quantitative estimate of drug-likeness (QED) is 0.383. The number of rotatable bonds is 7. The molecular weight excluding hydrogens is 476 g/mol. The number of hydrogen-bond acceptors (Lipinski definition) is 8. The molecule has 5 rings (SSSR count). The lowest BCUT2D eigenvalue weighted by atomic mass is 10.3. The van der Waals surface area contributed by atoms with Crippen LogP contribution in [0.25, 0.3) is 15.9 Å². The summed E-state index contributed by atoms with van der Waals surface area (Å²) in [5, 5.41) is 11.6. The fourth-order valence-electron chi connectivity index (χ4n) is 3.46. The first-order chi connectivity index (χ1) is 16.1. The first kappa shape index (κ1) is 21.9. The van der Waals surface area contributed by atoms with Gasteiger partial charge in [-0.25, -0.2) is 9.78 Å². The number of imide groups is 1. The highest BCUT2D eigenvalue weighted by molar-refractivity contribution is 8.00. The van der Waals surface area contributed by atoms with Crippen LogP contribution in [0.15, 0.2) is 64.1 Å². The lowest BCUT2D eigenvalue weighted by molar-refractivity contribution is -0.126. The maximum absolute atomic E-state index is 12.8. The van der Waals surface area contributed by atoms with Crippen molar-refractivity contribution in [3.05, 3.63) is 60.4 Å². The molecule has 1 N–H and O–H groups in total. The normalized spacial score (nSPS) is 14.6. The Morgan fingerprint density at radius 2 is 1.94 bits per heavy atom. The highest BCUT2D eigenvalue weighted by Gasteiger charge is 2.31. The van der Waals surface area contributed by atoms with Gasteiger partial charge in [-0.15, -0.1) is 21.5 Å². The molecule has 4 aromatic rings. The van der Waals surface area contributed by atoms with Crippen molar-refractivity contribution in [2.24, 2.45) is 0 Å². The van der Waals surface area contributed by atoms with Crippen LogP contribution >= 0.6 is 34.9 Å². The van der Waals surface area contributed by atoms with Crippen molar-refractivity contribution in [1.82, 2.24) is 30.0 Å². The van der Waals surface area contributed by atoms with Crippen LogP contribution in [0, 0.1) is 0 Å². The predicted octanol–water partition coefficient (Wildman–Crippen LogP) is 4.20. The maximum atomic E-state index is 12.8. The minimum atomic E-state index is -0.481. The number of carbonyl (C=O) groups is 2. The van der Waals surface area contributed by atoms with E-state index in [4.69, 9.17) is 4.98 Å². The highest BCUT2D eigenvalue weighted by atomic mass is 32.2. The number of thioether (sulfide) groups is 2. The second kappa shape index (κ2) is 9.54. The zero-order valence-electron chi connectivity index (χ0n) is 17.7. The molecule has 33 heavy (non-hydrogen) atoms. The molecule has 0 spiro atoms. The van der Waals surface area contributed by atoms with Crippen LogP contribution in [0.5, 0.6) is 0 Å². The van der Waals surface area contributed by atoms with Crippen LogP contribution in [-0.4, -0.2) is 54.9 Å².